The zero-order valence-corrected chi connectivity index (χ0v) is 13.6. The first-order chi connectivity index (χ1) is 11.2. The van der Waals surface area contributed by atoms with Gasteiger partial charge in [0.05, 0.1) is 16.9 Å². The van der Waals surface area contributed by atoms with E-state index in [9.17, 15) is 13.2 Å². The summed E-state index contributed by atoms with van der Waals surface area (Å²) in [6.07, 6.45) is 8.81. The van der Waals surface area contributed by atoms with Crippen LogP contribution in [0.5, 0.6) is 0 Å². The third-order valence-electron chi connectivity index (χ3n) is 4.81. The molecule has 0 spiro atoms. The zero-order valence-electron chi connectivity index (χ0n) is 12.8. The van der Waals surface area contributed by atoms with Gasteiger partial charge in [0.2, 0.25) is 0 Å². The van der Waals surface area contributed by atoms with Gasteiger partial charge < -0.3 is 5.73 Å². The largest absolute Gasteiger partial charge is 0.401 e. The average Bonchev–Trinajstić information content (AvgIpc) is 2.75. The molecule has 2 bridgehead atoms. The summed E-state index contributed by atoms with van der Waals surface area (Å²) in [6.45, 7) is -0.939. The first kappa shape index (κ1) is 16.9. The smallest absolute Gasteiger partial charge is 0.393 e. The minimum absolute atomic E-state index is 0.267. The highest BCUT2D eigenvalue weighted by Crippen LogP contribution is 2.45. The highest BCUT2D eigenvalue weighted by molar-refractivity contribution is 7.80. The molecule has 3 rings (SSSR count). The Bertz CT molecular complexity index is 719. The van der Waals surface area contributed by atoms with E-state index in [-0.39, 0.29) is 17.1 Å². The quantitative estimate of drug-likeness (QED) is 0.516. The number of halogens is 3. The molecule has 24 heavy (non-hydrogen) atoms. The molecule has 7 heteroatoms. The van der Waals surface area contributed by atoms with Crippen LogP contribution in [0.15, 0.2) is 30.6 Å². The lowest BCUT2D eigenvalue weighted by molar-refractivity contribution is -0.154. The maximum Gasteiger partial charge on any atom is 0.401 e. The van der Waals surface area contributed by atoms with E-state index in [1.54, 1.807) is 18.5 Å². The van der Waals surface area contributed by atoms with Crippen LogP contribution in [0.2, 0.25) is 0 Å². The Morgan fingerprint density at radius 1 is 1.38 bits per heavy atom. The number of rotatable bonds is 3. The number of hydrogen-bond donors (Lipinski definition) is 1. The van der Waals surface area contributed by atoms with Crippen LogP contribution in [0.3, 0.4) is 0 Å². The van der Waals surface area contributed by atoms with Crippen molar-refractivity contribution >= 4 is 17.2 Å². The molecule has 1 saturated heterocycles. The first-order valence-corrected chi connectivity index (χ1v) is 7.89. The number of thiocarbonyl (C=S) groups is 1. The van der Waals surface area contributed by atoms with Crippen molar-refractivity contribution in [1.82, 2.24) is 9.88 Å². The van der Waals surface area contributed by atoms with Crippen molar-refractivity contribution in [3.05, 3.63) is 41.7 Å². The molecule has 0 saturated carbocycles. The number of fused-ring (bicyclic) bond motifs is 2. The van der Waals surface area contributed by atoms with E-state index >= 15 is 0 Å². The molecule has 3 heterocycles. The molecule has 0 radical (unpaired) electrons. The molecule has 126 valence electrons. The molecule has 0 aliphatic carbocycles. The molecule has 2 aliphatic rings. The minimum atomic E-state index is -4.24. The zero-order chi connectivity index (χ0) is 17.5. The minimum Gasteiger partial charge on any atom is -0.393 e. The number of nitrogens with two attached hydrogens (primary N) is 1. The van der Waals surface area contributed by atoms with E-state index in [1.165, 1.54) is 4.90 Å². The number of nitrogens with zero attached hydrogens (tertiary/aromatic N) is 2. The second-order valence-electron chi connectivity index (χ2n) is 6.27. The molecule has 3 atom stereocenters. The van der Waals surface area contributed by atoms with Gasteiger partial charge in [-0.2, -0.15) is 13.2 Å². The Hall–Kier alpha value is -1.91. The fraction of sp³-hybridized carbons (Fsp3) is 0.412. The number of alkyl halides is 3. The summed E-state index contributed by atoms with van der Waals surface area (Å²) in [7, 11) is 0. The standard InChI is InChI=1S/C17H16F3N3S/c1-2-11-5-12(9-22-8-11)16(15(21)24)6-13-3-4-14(7-16)23(13)10-17(18,19)20/h1,3-5,8-9,13-14H,6-7,10H2,(H2,21,24)/t13-,14+,16?. The van der Waals surface area contributed by atoms with Gasteiger partial charge in [0.15, 0.2) is 0 Å². The summed E-state index contributed by atoms with van der Waals surface area (Å²) in [4.78, 5) is 5.86. The highest BCUT2D eigenvalue weighted by atomic mass is 32.1. The molecular formula is C17H16F3N3S. The van der Waals surface area contributed by atoms with E-state index in [0.29, 0.717) is 18.4 Å². The monoisotopic (exact) mass is 351 g/mol. The van der Waals surface area contributed by atoms with Gasteiger partial charge in [-0.05, 0) is 24.5 Å². The SMILES string of the molecule is C#Cc1cncc(C2(C(N)=S)C[C@H]3C=C[C@@H](C2)N3CC(F)(F)F)c1. The molecule has 1 unspecified atom stereocenters. The predicted octanol–water partition coefficient (Wildman–Crippen LogP) is 2.55. The normalized spacial score (nSPS) is 29.4. The Morgan fingerprint density at radius 3 is 2.50 bits per heavy atom. The fourth-order valence-corrected chi connectivity index (χ4v) is 3.98. The summed E-state index contributed by atoms with van der Waals surface area (Å²) in [5.41, 5.74) is 6.71. The Kier molecular flexibility index (Phi) is 4.14. The lowest BCUT2D eigenvalue weighted by Gasteiger charge is -2.46. The molecular weight excluding hydrogens is 335 g/mol. The second-order valence-corrected chi connectivity index (χ2v) is 6.71. The molecule has 1 fully saturated rings. The van der Waals surface area contributed by atoms with Crippen LogP contribution in [0.25, 0.3) is 0 Å². The Labute approximate surface area is 143 Å². The van der Waals surface area contributed by atoms with Gasteiger partial charge in [-0.1, -0.05) is 30.3 Å². The summed E-state index contributed by atoms with van der Waals surface area (Å²) in [5.74, 6) is 2.52. The lowest BCUT2D eigenvalue weighted by Crippen LogP contribution is -2.56. The van der Waals surface area contributed by atoms with Gasteiger partial charge in [-0.25, -0.2) is 0 Å². The van der Waals surface area contributed by atoms with E-state index < -0.39 is 18.1 Å². The van der Waals surface area contributed by atoms with Crippen LogP contribution >= 0.6 is 12.2 Å². The van der Waals surface area contributed by atoms with Crippen LogP contribution in [0, 0.1) is 12.3 Å². The van der Waals surface area contributed by atoms with Gasteiger partial charge in [0.25, 0.3) is 0 Å². The number of terminal acetylenes is 1. The third kappa shape index (κ3) is 2.92. The van der Waals surface area contributed by atoms with E-state index in [2.05, 4.69) is 10.9 Å². The van der Waals surface area contributed by atoms with Crippen molar-refractivity contribution in [2.45, 2.75) is 36.5 Å². The van der Waals surface area contributed by atoms with Gasteiger partial charge in [-0.15, -0.1) is 6.42 Å². The topological polar surface area (TPSA) is 42.1 Å². The second kappa shape index (κ2) is 5.87. The van der Waals surface area contributed by atoms with Crippen LogP contribution in [-0.2, 0) is 5.41 Å². The van der Waals surface area contributed by atoms with Crippen molar-refractivity contribution in [2.24, 2.45) is 5.73 Å². The van der Waals surface area contributed by atoms with Gasteiger partial charge >= 0.3 is 6.18 Å². The van der Waals surface area contributed by atoms with E-state index in [4.69, 9.17) is 24.4 Å². The maximum absolute atomic E-state index is 12.8. The van der Waals surface area contributed by atoms with E-state index in [1.807, 2.05) is 12.2 Å². The maximum atomic E-state index is 12.8. The average molecular weight is 351 g/mol. The molecule has 1 aromatic rings. The summed E-state index contributed by atoms with van der Waals surface area (Å²) < 4.78 is 38.5. The first-order valence-electron chi connectivity index (χ1n) is 7.48. The van der Waals surface area contributed by atoms with Crippen LogP contribution in [0.1, 0.15) is 24.0 Å². The van der Waals surface area contributed by atoms with Crippen molar-refractivity contribution in [1.29, 1.82) is 0 Å². The van der Waals surface area contributed by atoms with Crippen molar-refractivity contribution < 1.29 is 13.2 Å². The van der Waals surface area contributed by atoms with Gasteiger partial charge in [0, 0.05) is 30.0 Å². The lowest BCUT2D eigenvalue weighted by atomic mass is 9.69. The van der Waals surface area contributed by atoms with E-state index in [0.717, 1.165) is 5.56 Å². The fourth-order valence-electron chi connectivity index (χ4n) is 3.69. The molecule has 2 aliphatic heterocycles. The van der Waals surface area contributed by atoms with Crippen molar-refractivity contribution in [3.63, 3.8) is 0 Å². The molecule has 3 nitrogen and oxygen atoms in total. The van der Waals surface area contributed by atoms with Crippen LogP contribution in [0.4, 0.5) is 13.2 Å². The number of hydrogen-bond acceptors (Lipinski definition) is 3. The Morgan fingerprint density at radius 2 is 2.00 bits per heavy atom. The summed E-state index contributed by atoms with van der Waals surface area (Å²) in [5, 5.41) is 0. The van der Waals surface area contributed by atoms with Crippen molar-refractivity contribution in [2.75, 3.05) is 6.54 Å². The molecule has 0 amide bonds. The third-order valence-corrected chi connectivity index (χ3v) is 5.20. The highest BCUT2D eigenvalue weighted by Gasteiger charge is 2.51. The number of piperidine rings is 1. The summed E-state index contributed by atoms with van der Waals surface area (Å²) in [6, 6.07) is 1.08. The van der Waals surface area contributed by atoms with Crippen LogP contribution < -0.4 is 5.73 Å². The molecule has 0 aromatic carbocycles. The predicted molar refractivity (Wildman–Crippen MR) is 89.3 cm³/mol. The van der Waals surface area contributed by atoms with Gasteiger partial charge in [-0.3, -0.25) is 9.88 Å². The number of aromatic nitrogens is 1. The van der Waals surface area contributed by atoms with Crippen molar-refractivity contribution in [3.8, 4) is 12.3 Å². The van der Waals surface area contributed by atoms with Gasteiger partial charge in [0.1, 0.15) is 0 Å². The molecule has 2 N–H and O–H groups in total. The Balaban J connectivity index is 1.95. The summed E-state index contributed by atoms with van der Waals surface area (Å²) >= 11 is 5.30. The number of pyridine rings is 1. The van der Waals surface area contributed by atoms with Crippen LogP contribution in [-0.4, -0.2) is 39.7 Å². The molecule has 1 aromatic heterocycles.